The first-order valence-corrected chi connectivity index (χ1v) is 6.09. The Balaban J connectivity index is 3.18. The van der Waals surface area contributed by atoms with Crippen LogP contribution in [0.4, 0.5) is 13.2 Å². The molecule has 0 atom stereocenters. The lowest BCUT2D eigenvalue weighted by Crippen LogP contribution is -2.18. The maximum absolute atomic E-state index is 12.0. The van der Waals surface area contributed by atoms with Crippen molar-refractivity contribution in [3.63, 3.8) is 0 Å². The van der Waals surface area contributed by atoms with Crippen molar-refractivity contribution in [3.05, 3.63) is 29.8 Å². The zero-order valence-electron chi connectivity index (χ0n) is 8.49. The molecule has 0 saturated heterocycles. The molecule has 0 aliphatic heterocycles. The number of hydrogen-bond donors (Lipinski definition) is 0. The quantitative estimate of drug-likeness (QED) is 0.784. The molecule has 8 heteroatoms. The van der Waals surface area contributed by atoms with Gasteiger partial charge in [-0.05, 0) is 19.1 Å². The maximum atomic E-state index is 12.0. The number of aryl methyl sites for hydroxylation is 1. The van der Waals surface area contributed by atoms with E-state index in [2.05, 4.69) is 4.40 Å². The maximum Gasteiger partial charge on any atom is 0.445 e. The number of rotatable bonds is 2. The number of hydrogen-bond acceptors (Lipinski definition) is 2. The molecule has 0 aliphatic rings. The van der Waals surface area contributed by atoms with Crippen molar-refractivity contribution < 1.29 is 21.6 Å². The van der Waals surface area contributed by atoms with Gasteiger partial charge in [0, 0.05) is 0 Å². The van der Waals surface area contributed by atoms with Crippen LogP contribution in [0.25, 0.3) is 0 Å². The number of alkyl halides is 3. The monoisotopic (exact) mass is 285 g/mol. The van der Waals surface area contributed by atoms with Crippen molar-refractivity contribution in [2.45, 2.75) is 18.0 Å². The molecule has 0 radical (unpaired) electrons. The molecule has 0 N–H and O–H groups in total. The lowest BCUT2D eigenvalue weighted by Gasteiger charge is -2.04. The fourth-order valence-electron chi connectivity index (χ4n) is 0.920. The molecule has 0 fully saturated rings. The molecular formula is C9H7ClF3NO2S. The molecular weight excluding hydrogens is 279 g/mol. The smallest absolute Gasteiger partial charge is 0.199 e. The second-order valence-electron chi connectivity index (χ2n) is 3.17. The average molecular weight is 286 g/mol. The first-order valence-electron chi connectivity index (χ1n) is 4.27. The summed E-state index contributed by atoms with van der Waals surface area (Å²) < 4.78 is 61.5. The lowest BCUT2D eigenvalue weighted by atomic mass is 10.2. The van der Waals surface area contributed by atoms with Crippen LogP contribution in [0.2, 0.25) is 0 Å². The minimum Gasteiger partial charge on any atom is -0.199 e. The zero-order chi connectivity index (χ0) is 13.3. The van der Waals surface area contributed by atoms with Crippen LogP contribution in [0.1, 0.15) is 5.56 Å². The van der Waals surface area contributed by atoms with Gasteiger partial charge in [0.1, 0.15) is 0 Å². The Morgan fingerprint density at radius 3 is 2.12 bits per heavy atom. The largest absolute Gasteiger partial charge is 0.445 e. The van der Waals surface area contributed by atoms with Gasteiger partial charge in [-0.3, -0.25) is 0 Å². The van der Waals surface area contributed by atoms with Gasteiger partial charge in [-0.1, -0.05) is 29.3 Å². The average Bonchev–Trinajstić information content (AvgIpc) is 2.16. The molecule has 1 rings (SSSR count). The van der Waals surface area contributed by atoms with Crippen LogP contribution >= 0.6 is 11.6 Å². The highest BCUT2D eigenvalue weighted by atomic mass is 35.5. The van der Waals surface area contributed by atoms with Gasteiger partial charge in [0.15, 0.2) is 0 Å². The highest BCUT2D eigenvalue weighted by Gasteiger charge is 2.36. The molecule has 0 bridgehead atoms. The van der Waals surface area contributed by atoms with Gasteiger partial charge < -0.3 is 0 Å². The van der Waals surface area contributed by atoms with Crippen LogP contribution in [-0.4, -0.2) is 19.8 Å². The molecule has 0 amide bonds. The van der Waals surface area contributed by atoms with Gasteiger partial charge in [-0.2, -0.15) is 21.6 Å². The van der Waals surface area contributed by atoms with E-state index in [4.69, 9.17) is 11.6 Å². The molecule has 0 heterocycles. The minimum atomic E-state index is -4.97. The summed E-state index contributed by atoms with van der Waals surface area (Å²) in [5.41, 5.74) is 0.773. The Kier molecular flexibility index (Phi) is 3.83. The first kappa shape index (κ1) is 14.0. The minimum absolute atomic E-state index is 0.342. The Morgan fingerprint density at radius 2 is 1.71 bits per heavy atom. The summed E-state index contributed by atoms with van der Waals surface area (Å²) in [6.45, 7) is 1.71. The molecule has 0 saturated carbocycles. The molecule has 0 aromatic heterocycles. The second-order valence-corrected chi connectivity index (χ2v) is 5.13. The van der Waals surface area contributed by atoms with Crippen molar-refractivity contribution in [1.82, 2.24) is 0 Å². The topological polar surface area (TPSA) is 46.5 Å². The Hall–Kier alpha value is -1.08. The molecule has 0 spiro atoms. The summed E-state index contributed by atoms with van der Waals surface area (Å²) in [7, 11) is -4.42. The third-order valence-electron chi connectivity index (χ3n) is 1.75. The number of sulfonamides is 1. The third-order valence-corrected chi connectivity index (χ3v) is 3.44. The summed E-state index contributed by atoms with van der Waals surface area (Å²) in [5.74, 6) is 0. The van der Waals surface area contributed by atoms with E-state index in [-0.39, 0.29) is 4.90 Å². The lowest BCUT2D eigenvalue weighted by molar-refractivity contribution is -0.0557. The zero-order valence-corrected chi connectivity index (χ0v) is 10.1. The van der Waals surface area contributed by atoms with Crippen LogP contribution < -0.4 is 0 Å². The van der Waals surface area contributed by atoms with E-state index in [9.17, 15) is 21.6 Å². The van der Waals surface area contributed by atoms with Crippen LogP contribution in [0.15, 0.2) is 33.6 Å². The molecule has 0 aliphatic carbocycles. The van der Waals surface area contributed by atoms with E-state index in [1.807, 2.05) is 0 Å². The molecule has 3 nitrogen and oxygen atoms in total. The molecule has 1 aromatic carbocycles. The Labute approximate surface area is 101 Å². The van der Waals surface area contributed by atoms with Gasteiger partial charge in [-0.15, -0.1) is 4.40 Å². The van der Waals surface area contributed by atoms with E-state index in [1.54, 1.807) is 6.92 Å². The Bertz CT molecular complexity index is 534. The summed E-state index contributed by atoms with van der Waals surface area (Å²) in [6.07, 6.45) is -4.97. The molecule has 0 unspecified atom stereocenters. The van der Waals surface area contributed by atoms with Crippen LogP contribution in [0.5, 0.6) is 0 Å². The summed E-state index contributed by atoms with van der Waals surface area (Å²) in [6, 6.07) is 5.22. The van der Waals surface area contributed by atoms with Crippen molar-refractivity contribution in [2.24, 2.45) is 4.40 Å². The molecule has 17 heavy (non-hydrogen) atoms. The van der Waals surface area contributed by atoms with Crippen molar-refractivity contribution >= 4 is 26.8 Å². The highest BCUT2D eigenvalue weighted by Crippen LogP contribution is 2.23. The van der Waals surface area contributed by atoms with Gasteiger partial charge in [-0.25, -0.2) is 0 Å². The van der Waals surface area contributed by atoms with Crippen molar-refractivity contribution in [2.75, 3.05) is 0 Å². The fraction of sp³-hybridized carbons (Fsp3) is 0.222. The summed E-state index contributed by atoms with van der Waals surface area (Å²) in [4.78, 5) is -0.342. The van der Waals surface area contributed by atoms with Gasteiger partial charge in [0.2, 0.25) is 5.17 Å². The van der Waals surface area contributed by atoms with E-state index in [1.165, 1.54) is 12.1 Å². The van der Waals surface area contributed by atoms with Crippen molar-refractivity contribution in [3.8, 4) is 0 Å². The van der Waals surface area contributed by atoms with Gasteiger partial charge in [0.05, 0.1) is 4.90 Å². The van der Waals surface area contributed by atoms with E-state index in [0.717, 1.165) is 17.7 Å². The van der Waals surface area contributed by atoms with Gasteiger partial charge >= 0.3 is 6.18 Å². The predicted molar refractivity (Wildman–Crippen MR) is 57.7 cm³/mol. The Morgan fingerprint density at radius 1 is 1.24 bits per heavy atom. The van der Waals surface area contributed by atoms with E-state index in [0.29, 0.717) is 0 Å². The van der Waals surface area contributed by atoms with E-state index < -0.39 is 21.4 Å². The third kappa shape index (κ3) is 3.71. The van der Waals surface area contributed by atoms with Crippen LogP contribution in [0, 0.1) is 6.92 Å². The van der Waals surface area contributed by atoms with Crippen LogP contribution in [0.3, 0.4) is 0 Å². The standard InChI is InChI=1S/C9H7ClF3NO2S/c1-6-2-4-7(5-3-6)17(15,16)14-8(10)9(11,12)13/h2-5H,1H3/b14-8-. The van der Waals surface area contributed by atoms with Crippen molar-refractivity contribution in [1.29, 1.82) is 0 Å². The fourth-order valence-corrected chi connectivity index (χ4v) is 2.09. The number of benzene rings is 1. The normalized spacial score (nSPS) is 13.8. The second kappa shape index (κ2) is 4.66. The number of nitrogens with zero attached hydrogens (tertiary/aromatic N) is 1. The SMILES string of the molecule is Cc1ccc(S(=O)(=O)/N=C(\Cl)C(F)(F)F)cc1. The number of halogens is 4. The van der Waals surface area contributed by atoms with Crippen LogP contribution in [-0.2, 0) is 10.0 Å². The summed E-state index contributed by atoms with van der Waals surface area (Å²) in [5, 5.41) is -1.92. The van der Waals surface area contributed by atoms with E-state index >= 15 is 0 Å². The predicted octanol–water partition coefficient (Wildman–Crippen LogP) is 2.88. The highest BCUT2D eigenvalue weighted by molar-refractivity contribution is 7.90. The molecule has 94 valence electrons. The summed E-state index contributed by atoms with van der Waals surface area (Å²) >= 11 is 4.77. The van der Waals surface area contributed by atoms with Gasteiger partial charge in [0.25, 0.3) is 10.0 Å². The molecule has 1 aromatic rings. The first-order chi connectivity index (χ1) is 7.63.